The Morgan fingerprint density at radius 1 is 1.12 bits per heavy atom. The quantitative estimate of drug-likeness (QED) is 0.825. The van der Waals surface area contributed by atoms with E-state index in [0.717, 1.165) is 30.4 Å². The van der Waals surface area contributed by atoms with Crippen molar-refractivity contribution < 1.29 is 15.0 Å². The summed E-state index contributed by atoms with van der Waals surface area (Å²) in [6.45, 7) is 6.19. The standard InChI is InChI=1S/C14H20O3/c1-4-9-7-11(13(15)14(16)17)8-10(5-2)12(9)6-3/h7-8,13,15H,4-6H2,1-3H3,(H,16,17). The first-order valence-electron chi connectivity index (χ1n) is 6.10. The van der Waals surface area contributed by atoms with Crippen molar-refractivity contribution in [2.75, 3.05) is 0 Å². The monoisotopic (exact) mass is 236 g/mol. The molecule has 1 aromatic rings. The summed E-state index contributed by atoms with van der Waals surface area (Å²) >= 11 is 0. The van der Waals surface area contributed by atoms with Crippen LogP contribution in [0.3, 0.4) is 0 Å². The molecule has 0 aliphatic carbocycles. The van der Waals surface area contributed by atoms with Crippen molar-refractivity contribution in [3.05, 3.63) is 34.4 Å². The van der Waals surface area contributed by atoms with Crippen LogP contribution in [0, 0.1) is 0 Å². The molecule has 17 heavy (non-hydrogen) atoms. The topological polar surface area (TPSA) is 57.5 Å². The van der Waals surface area contributed by atoms with Crippen molar-refractivity contribution in [3.8, 4) is 0 Å². The number of aliphatic hydroxyl groups excluding tert-OH is 1. The first kappa shape index (κ1) is 13.7. The van der Waals surface area contributed by atoms with Crippen LogP contribution in [0.4, 0.5) is 0 Å². The number of carbonyl (C=O) groups is 1. The van der Waals surface area contributed by atoms with E-state index in [2.05, 4.69) is 6.92 Å². The summed E-state index contributed by atoms with van der Waals surface area (Å²) in [5.41, 5.74) is 4.06. The maximum Gasteiger partial charge on any atom is 0.337 e. The van der Waals surface area contributed by atoms with Gasteiger partial charge in [0.1, 0.15) is 0 Å². The van der Waals surface area contributed by atoms with Crippen molar-refractivity contribution in [2.45, 2.75) is 46.1 Å². The smallest absolute Gasteiger partial charge is 0.337 e. The third-order valence-corrected chi connectivity index (χ3v) is 3.12. The lowest BCUT2D eigenvalue weighted by Gasteiger charge is -2.16. The fraction of sp³-hybridized carbons (Fsp3) is 0.500. The predicted octanol–water partition coefficient (Wildman–Crippen LogP) is 2.49. The second-order valence-electron chi connectivity index (χ2n) is 4.12. The fourth-order valence-electron chi connectivity index (χ4n) is 2.21. The molecule has 0 amide bonds. The van der Waals surface area contributed by atoms with Crippen molar-refractivity contribution in [1.82, 2.24) is 0 Å². The molecule has 1 aromatic carbocycles. The van der Waals surface area contributed by atoms with Crippen LogP contribution >= 0.6 is 0 Å². The number of benzene rings is 1. The van der Waals surface area contributed by atoms with Gasteiger partial charge < -0.3 is 10.2 Å². The van der Waals surface area contributed by atoms with Gasteiger partial charge in [0, 0.05) is 0 Å². The molecule has 0 saturated heterocycles. The zero-order valence-electron chi connectivity index (χ0n) is 10.7. The van der Waals surface area contributed by atoms with Crippen molar-refractivity contribution in [1.29, 1.82) is 0 Å². The Labute approximate surface area is 102 Å². The number of carboxylic acids is 1. The molecule has 94 valence electrons. The van der Waals surface area contributed by atoms with Crippen molar-refractivity contribution >= 4 is 5.97 Å². The molecule has 2 N–H and O–H groups in total. The summed E-state index contributed by atoms with van der Waals surface area (Å²) < 4.78 is 0. The SMILES string of the molecule is CCc1cc(C(O)C(=O)O)cc(CC)c1CC. The van der Waals surface area contributed by atoms with Crippen molar-refractivity contribution in [3.63, 3.8) is 0 Å². The minimum atomic E-state index is -1.42. The van der Waals surface area contributed by atoms with E-state index in [0.29, 0.717) is 5.56 Å². The van der Waals surface area contributed by atoms with Gasteiger partial charge >= 0.3 is 5.97 Å². The van der Waals surface area contributed by atoms with Gasteiger partial charge in [-0.2, -0.15) is 0 Å². The minimum Gasteiger partial charge on any atom is -0.479 e. The third kappa shape index (κ3) is 2.86. The molecule has 0 radical (unpaired) electrons. The molecule has 0 aliphatic heterocycles. The van der Waals surface area contributed by atoms with Crippen LogP contribution in [0.25, 0.3) is 0 Å². The highest BCUT2D eigenvalue weighted by Gasteiger charge is 2.18. The highest BCUT2D eigenvalue weighted by atomic mass is 16.4. The van der Waals surface area contributed by atoms with Gasteiger partial charge in [-0.3, -0.25) is 0 Å². The average molecular weight is 236 g/mol. The number of carboxylic acid groups (broad SMARTS) is 1. The molecule has 1 unspecified atom stereocenters. The minimum absolute atomic E-state index is 0.489. The van der Waals surface area contributed by atoms with E-state index in [1.807, 2.05) is 26.0 Å². The molecular formula is C14H20O3. The van der Waals surface area contributed by atoms with E-state index in [-0.39, 0.29) is 0 Å². The van der Waals surface area contributed by atoms with Crippen LogP contribution < -0.4 is 0 Å². The molecule has 0 heterocycles. The highest BCUT2D eigenvalue weighted by molar-refractivity contribution is 5.74. The molecule has 1 rings (SSSR count). The zero-order chi connectivity index (χ0) is 13.0. The van der Waals surface area contributed by atoms with Gasteiger partial charge in [0.05, 0.1) is 0 Å². The van der Waals surface area contributed by atoms with Crippen LogP contribution in [-0.2, 0) is 24.1 Å². The highest BCUT2D eigenvalue weighted by Crippen LogP contribution is 2.24. The lowest BCUT2D eigenvalue weighted by Crippen LogP contribution is -2.12. The number of aliphatic carboxylic acids is 1. The molecule has 3 nitrogen and oxygen atoms in total. The van der Waals surface area contributed by atoms with Crippen LogP contribution in [0.2, 0.25) is 0 Å². The molecule has 0 saturated carbocycles. The first-order valence-corrected chi connectivity index (χ1v) is 6.10. The largest absolute Gasteiger partial charge is 0.479 e. The molecule has 0 aromatic heterocycles. The number of rotatable bonds is 5. The van der Waals surface area contributed by atoms with Gasteiger partial charge in [0.2, 0.25) is 0 Å². The Morgan fingerprint density at radius 3 is 1.88 bits per heavy atom. The molecule has 0 bridgehead atoms. The summed E-state index contributed by atoms with van der Waals surface area (Å²) in [4.78, 5) is 10.8. The predicted molar refractivity (Wildman–Crippen MR) is 67.2 cm³/mol. The fourth-order valence-corrected chi connectivity index (χ4v) is 2.21. The zero-order valence-corrected chi connectivity index (χ0v) is 10.7. The average Bonchev–Trinajstić information content (AvgIpc) is 2.35. The van der Waals surface area contributed by atoms with Gasteiger partial charge in [0.25, 0.3) is 0 Å². The van der Waals surface area contributed by atoms with Gasteiger partial charge in [-0.25, -0.2) is 4.79 Å². The number of hydrogen-bond donors (Lipinski definition) is 2. The molecular weight excluding hydrogens is 216 g/mol. The van der Waals surface area contributed by atoms with Crippen molar-refractivity contribution in [2.24, 2.45) is 0 Å². The Morgan fingerprint density at radius 2 is 1.59 bits per heavy atom. The lowest BCUT2D eigenvalue weighted by atomic mass is 9.91. The van der Waals surface area contributed by atoms with Gasteiger partial charge in [0.15, 0.2) is 6.10 Å². The molecule has 3 heteroatoms. The molecule has 0 spiro atoms. The van der Waals surface area contributed by atoms with E-state index in [1.54, 1.807) is 0 Å². The summed E-state index contributed by atoms with van der Waals surface area (Å²) in [6, 6.07) is 3.63. The Hall–Kier alpha value is -1.35. The van der Waals surface area contributed by atoms with E-state index >= 15 is 0 Å². The maximum atomic E-state index is 10.8. The Bertz CT molecular complexity index is 385. The Kier molecular flexibility index (Phi) is 4.70. The normalized spacial score (nSPS) is 12.5. The van der Waals surface area contributed by atoms with Crippen LogP contribution in [0.1, 0.15) is 49.1 Å². The first-order chi connectivity index (χ1) is 8.04. The summed E-state index contributed by atoms with van der Waals surface area (Å²) in [6.07, 6.45) is 1.24. The second kappa shape index (κ2) is 5.82. The van der Waals surface area contributed by atoms with Crippen LogP contribution in [0.5, 0.6) is 0 Å². The van der Waals surface area contributed by atoms with E-state index in [1.165, 1.54) is 5.56 Å². The molecule has 0 fully saturated rings. The summed E-state index contributed by atoms with van der Waals surface area (Å²) in [5.74, 6) is -1.20. The number of aryl methyl sites for hydroxylation is 2. The van der Waals surface area contributed by atoms with Crippen LogP contribution in [0.15, 0.2) is 12.1 Å². The van der Waals surface area contributed by atoms with E-state index < -0.39 is 12.1 Å². The van der Waals surface area contributed by atoms with Gasteiger partial charge in [-0.15, -0.1) is 0 Å². The molecule has 0 aliphatic rings. The molecule has 1 atom stereocenters. The van der Waals surface area contributed by atoms with E-state index in [9.17, 15) is 9.90 Å². The second-order valence-corrected chi connectivity index (χ2v) is 4.12. The van der Waals surface area contributed by atoms with E-state index in [4.69, 9.17) is 5.11 Å². The van der Waals surface area contributed by atoms with Crippen LogP contribution in [-0.4, -0.2) is 16.2 Å². The summed E-state index contributed by atoms with van der Waals surface area (Å²) in [7, 11) is 0. The third-order valence-electron chi connectivity index (χ3n) is 3.12. The number of hydrogen-bond acceptors (Lipinski definition) is 2. The van der Waals surface area contributed by atoms with Gasteiger partial charge in [-0.1, -0.05) is 32.9 Å². The maximum absolute atomic E-state index is 10.8. The lowest BCUT2D eigenvalue weighted by molar-refractivity contribution is -0.146. The Balaban J connectivity index is 3.31. The van der Waals surface area contributed by atoms with Gasteiger partial charge in [-0.05, 0) is 41.5 Å². The summed E-state index contributed by atoms with van der Waals surface area (Å²) in [5, 5.41) is 18.4. The number of aliphatic hydroxyl groups is 1.